The molecule has 0 aliphatic heterocycles. The molecule has 20 heavy (non-hydrogen) atoms. The Hall–Kier alpha value is -1.94. The zero-order valence-corrected chi connectivity index (χ0v) is 12.1. The van der Waals surface area contributed by atoms with Crippen molar-refractivity contribution in [2.75, 3.05) is 5.32 Å². The molecule has 0 aliphatic carbocycles. The number of para-hydroxylation sites is 1. The van der Waals surface area contributed by atoms with Gasteiger partial charge in [0.25, 0.3) is 0 Å². The van der Waals surface area contributed by atoms with Gasteiger partial charge in [-0.15, -0.1) is 0 Å². The molecule has 0 bridgehead atoms. The van der Waals surface area contributed by atoms with Gasteiger partial charge >= 0.3 is 0 Å². The molecule has 2 nitrogen and oxygen atoms in total. The molecule has 2 rings (SSSR count). The fourth-order valence-corrected chi connectivity index (χ4v) is 2.36. The first-order chi connectivity index (χ1) is 9.63. The SMILES string of the molecule is CCCc1ccccc1Nc1cccc(F)c1C(N)=S. The minimum atomic E-state index is -0.407. The summed E-state index contributed by atoms with van der Waals surface area (Å²) in [6, 6.07) is 12.8. The first-order valence-electron chi connectivity index (χ1n) is 6.56. The fraction of sp³-hybridized carbons (Fsp3) is 0.188. The Morgan fingerprint density at radius 1 is 1.15 bits per heavy atom. The van der Waals surface area contributed by atoms with E-state index in [1.54, 1.807) is 12.1 Å². The quantitative estimate of drug-likeness (QED) is 0.811. The van der Waals surface area contributed by atoms with E-state index >= 15 is 0 Å². The third-order valence-corrected chi connectivity index (χ3v) is 3.27. The standard InChI is InChI=1S/C16H17FN2S/c1-2-6-11-7-3-4-9-13(11)19-14-10-5-8-12(17)15(14)16(18)20/h3-5,7-10,19H,2,6H2,1H3,(H2,18,20). The molecule has 0 amide bonds. The monoisotopic (exact) mass is 288 g/mol. The van der Waals surface area contributed by atoms with Gasteiger partial charge in [0.15, 0.2) is 0 Å². The van der Waals surface area contributed by atoms with Gasteiger partial charge in [-0.2, -0.15) is 0 Å². The van der Waals surface area contributed by atoms with E-state index in [1.165, 1.54) is 11.6 Å². The third-order valence-electron chi connectivity index (χ3n) is 3.07. The van der Waals surface area contributed by atoms with Crippen LogP contribution in [0, 0.1) is 5.82 Å². The second-order valence-electron chi connectivity index (χ2n) is 4.56. The Morgan fingerprint density at radius 2 is 1.85 bits per heavy atom. The van der Waals surface area contributed by atoms with Crippen LogP contribution in [0.3, 0.4) is 0 Å². The van der Waals surface area contributed by atoms with Crippen molar-refractivity contribution >= 4 is 28.6 Å². The number of thiocarbonyl (C=S) groups is 1. The van der Waals surface area contributed by atoms with E-state index < -0.39 is 5.82 Å². The van der Waals surface area contributed by atoms with Crippen LogP contribution >= 0.6 is 12.2 Å². The first kappa shape index (κ1) is 14.5. The van der Waals surface area contributed by atoms with E-state index in [1.807, 2.05) is 18.2 Å². The van der Waals surface area contributed by atoms with Crippen LogP contribution in [0.4, 0.5) is 15.8 Å². The van der Waals surface area contributed by atoms with Gasteiger partial charge in [0, 0.05) is 5.69 Å². The van der Waals surface area contributed by atoms with E-state index in [0.717, 1.165) is 18.5 Å². The second-order valence-corrected chi connectivity index (χ2v) is 5.00. The highest BCUT2D eigenvalue weighted by Gasteiger charge is 2.12. The van der Waals surface area contributed by atoms with Crippen molar-refractivity contribution in [2.24, 2.45) is 5.73 Å². The van der Waals surface area contributed by atoms with Crippen LogP contribution in [-0.4, -0.2) is 4.99 Å². The van der Waals surface area contributed by atoms with Crippen molar-refractivity contribution in [3.63, 3.8) is 0 Å². The van der Waals surface area contributed by atoms with Gasteiger partial charge in [0.1, 0.15) is 10.8 Å². The van der Waals surface area contributed by atoms with E-state index in [9.17, 15) is 4.39 Å². The van der Waals surface area contributed by atoms with Crippen LogP contribution in [0.25, 0.3) is 0 Å². The van der Waals surface area contributed by atoms with E-state index in [2.05, 4.69) is 18.3 Å². The van der Waals surface area contributed by atoms with Crippen molar-refractivity contribution in [3.8, 4) is 0 Å². The summed E-state index contributed by atoms with van der Waals surface area (Å²) in [5.41, 5.74) is 8.62. The number of hydrogen-bond acceptors (Lipinski definition) is 2. The Kier molecular flexibility index (Phi) is 4.69. The minimum Gasteiger partial charge on any atom is -0.389 e. The Bertz CT molecular complexity index is 626. The van der Waals surface area contributed by atoms with Crippen molar-refractivity contribution in [1.82, 2.24) is 0 Å². The maximum Gasteiger partial charge on any atom is 0.135 e. The lowest BCUT2D eigenvalue weighted by atomic mass is 10.1. The van der Waals surface area contributed by atoms with Crippen LogP contribution in [0.5, 0.6) is 0 Å². The number of anilines is 2. The molecule has 0 radical (unpaired) electrons. The molecule has 0 saturated heterocycles. The highest BCUT2D eigenvalue weighted by Crippen LogP contribution is 2.26. The zero-order chi connectivity index (χ0) is 14.5. The van der Waals surface area contributed by atoms with Crippen molar-refractivity contribution in [2.45, 2.75) is 19.8 Å². The molecule has 2 aromatic rings. The van der Waals surface area contributed by atoms with Crippen molar-refractivity contribution in [1.29, 1.82) is 0 Å². The molecular weight excluding hydrogens is 271 g/mol. The Balaban J connectivity index is 2.40. The molecule has 0 spiro atoms. The van der Waals surface area contributed by atoms with E-state index in [4.69, 9.17) is 18.0 Å². The summed E-state index contributed by atoms with van der Waals surface area (Å²) in [6.07, 6.45) is 2.00. The molecule has 0 saturated carbocycles. The predicted octanol–water partition coefficient (Wildman–Crippen LogP) is 4.16. The molecule has 4 heteroatoms. The maximum atomic E-state index is 13.8. The van der Waals surface area contributed by atoms with E-state index in [0.29, 0.717) is 5.69 Å². The predicted molar refractivity (Wildman–Crippen MR) is 86.0 cm³/mol. The number of benzene rings is 2. The van der Waals surface area contributed by atoms with Gasteiger partial charge in [-0.3, -0.25) is 0 Å². The molecule has 0 fully saturated rings. The smallest absolute Gasteiger partial charge is 0.135 e. The van der Waals surface area contributed by atoms with Crippen LogP contribution in [-0.2, 0) is 6.42 Å². The van der Waals surface area contributed by atoms with Crippen molar-refractivity contribution < 1.29 is 4.39 Å². The summed E-state index contributed by atoms with van der Waals surface area (Å²) in [4.78, 5) is 0.0542. The molecule has 0 aliphatic rings. The summed E-state index contributed by atoms with van der Waals surface area (Å²) in [5.74, 6) is -0.407. The van der Waals surface area contributed by atoms with Crippen molar-refractivity contribution in [3.05, 3.63) is 59.4 Å². The normalized spacial score (nSPS) is 10.3. The maximum absolute atomic E-state index is 13.8. The molecule has 2 aromatic carbocycles. The molecule has 3 N–H and O–H groups in total. The summed E-state index contributed by atoms with van der Waals surface area (Å²) in [5, 5.41) is 3.24. The Labute approximate surface area is 123 Å². The largest absolute Gasteiger partial charge is 0.389 e. The molecule has 104 valence electrons. The summed E-state index contributed by atoms with van der Waals surface area (Å²) < 4.78 is 13.8. The molecular formula is C16H17FN2S. The van der Waals surface area contributed by atoms with Gasteiger partial charge < -0.3 is 11.1 Å². The number of rotatable bonds is 5. The summed E-state index contributed by atoms with van der Waals surface area (Å²) in [7, 11) is 0. The van der Waals surface area contributed by atoms with Gasteiger partial charge in [-0.05, 0) is 30.2 Å². The van der Waals surface area contributed by atoms with Crippen LogP contribution in [0.1, 0.15) is 24.5 Å². The first-order valence-corrected chi connectivity index (χ1v) is 6.97. The lowest BCUT2D eigenvalue weighted by Crippen LogP contribution is -2.14. The summed E-state index contributed by atoms with van der Waals surface area (Å²) >= 11 is 4.94. The molecule has 0 unspecified atom stereocenters. The number of hydrogen-bond donors (Lipinski definition) is 2. The Morgan fingerprint density at radius 3 is 2.55 bits per heavy atom. The number of nitrogens with one attached hydrogen (secondary N) is 1. The topological polar surface area (TPSA) is 38.0 Å². The average molecular weight is 288 g/mol. The van der Waals surface area contributed by atoms with Gasteiger partial charge in [-0.25, -0.2) is 4.39 Å². The van der Waals surface area contributed by atoms with Crippen LogP contribution < -0.4 is 11.1 Å². The minimum absolute atomic E-state index is 0.0542. The van der Waals surface area contributed by atoms with Gasteiger partial charge in [0.2, 0.25) is 0 Å². The lowest BCUT2D eigenvalue weighted by molar-refractivity contribution is 0.626. The number of halogens is 1. The van der Waals surface area contributed by atoms with E-state index in [-0.39, 0.29) is 10.6 Å². The highest BCUT2D eigenvalue weighted by atomic mass is 32.1. The van der Waals surface area contributed by atoms with Crippen LogP contribution in [0.2, 0.25) is 0 Å². The molecule has 0 heterocycles. The van der Waals surface area contributed by atoms with Crippen LogP contribution in [0.15, 0.2) is 42.5 Å². The average Bonchev–Trinajstić information content (AvgIpc) is 2.41. The second kappa shape index (κ2) is 6.48. The third kappa shape index (κ3) is 3.14. The molecule has 0 atom stereocenters. The highest BCUT2D eigenvalue weighted by molar-refractivity contribution is 7.80. The zero-order valence-electron chi connectivity index (χ0n) is 11.3. The number of aryl methyl sites for hydroxylation is 1. The lowest BCUT2D eigenvalue weighted by Gasteiger charge is -2.15. The fourth-order valence-electron chi connectivity index (χ4n) is 2.15. The van der Waals surface area contributed by atoms with Gasteiger partial charge in [-0.1, -0.05) is 49.8 Å². The molecule has 0 aromatic heterocycles. The van der Waals surface area contributed by atoms with Gasteiger partial charge in [0.05, 0.1) is 11.3 Å². The summed E-state index contributed by atoms with van der Waals surface area (Å²) in [6.45, 7) is 2.12. The number of nitrogens with two attached hydrogens (primary N) is 1.